The Morgan fingerprint density at radius 3 is 2.55 bits per heavy atom. The van der Waals surface area contributed by atoms with Crippen LogP contribution in [-0.2, 0) is 9.53 Å². The lowest BCUT2D eigenvalue weighted by molar-refractivity contribution is -0.123. The lowest BCUT2D eigenvalue weighted by Gasteiger charge is -2.15. The predicted molar refractivity (Wildman–Crippen MR) is 104 cm³/mol. The Bertz CT molecular complexity index is 1080. The summed E-state index contributed by atoms with van der Waals surface area (Å²) in [6, 6.07) is 12.4. The Kier molecular flexibility index (Phi) is 5.69. The molecule has 8 nitrogen and oxygen atoms in total. The number of methoxy groups -OCH3 is 1. The van der Waals surface area contributed by atoms with E-state index in [0.29, 0.717) is 11.4 Å². The molecule has 3 rings (SSSR count). The van der Waals surface area contributed by atoms with E-state index in [4.69, 9.17) is 13.9 Å². The third-order valence-electron chi connectivity index (χ3n) is 4.24. The number of carbonyl (C=O) groups is 2. The average Bonchev–Trinajstić information content (AvgIpc) is 3.35. The molecular weight excluding hydrogens is 374 g/mol. The number of benzene rings is 1. The smallest absolute Gasteiger partial charge is 0.343 e. The number of para-hydroxylation sites is 2. The molecule has 0 aliphatic heterocycles. The minimum atomic E-state index is -1.11. The van der Waals surface area contributed by atoms with Crippen molar-refractivity contribution in [1.82, 2.24) is 4.57 Å². The van der Waals surface area contributed by atoms with E-state index in [1.54, 1.807) is 60.3 Å². The summed E-state index contributed by atoms with van der Waals surface area (Å²) in [5, 5.41) is 12.2. The molecule has 148 valence electrons. The molecule has 0 radical (unpaired) electrons. The zero-order chi connectivity index (χ0) is 21.0. The minimum Gasteiger partial charge on any atom is -0.495 e. The van der Waals surface area contributed by atoms with Gasteiger partial charge in [0.15, 0.2) is 6.10 Å². The molecule has 2 heterocycles. The second-order valence-corrected chi connectivity index (χ2v) is 6.15. The highest BCUT2D eigenvalue weighted by Crippen LogP contribution is 2.27. The van der Waals surface area contributed by atoms with Crippen LogP contribution in [0.1, 0.15) is 28.6 Å². The van der Waals surface area contributed by atoms with E-state index in [-0.39, 0.29) is 22.8 Å². The van der Waals surface area contributed by atoms with Crippen LogP contribution < -0.4 is 10.1 Å². The van der Waals surface area contributed by atoms with Gasteiger partial charge in [0.25, 0.3) is 5.91 Å². The second kappa shape index (κ2) is 8.35. The normalized spacial score (nSPS) is 11.4. The summed E-state index contributed by atoms with van der Waals surface area (Å²) in [6.45, 7) is 3.00. The molecule has 1 aromatic carbocycles. The van der Waals surface area contributed by atoms with E-state index < -0.39 is 18.0 Å². The third-order valence-corrected chi connectivity index (χ3v) is 4.24. The number of anilines is 1. The SMILES string of the molecule is COc1ccccc1NC(=O)[C@@H](C)OC(=O)c1c(C)oc(-n2cccc2)c1C#N. The maximum atomic E-state index is 12.7. The molecule has 0 unspecified atom stereocenters. The quantitative estimate of drug-likeness (QED) is 0.643. The monoisotopic (exact) mass is 393 g/mol. The fraction of sp³-hybridized carbons (Fsp3) is 0.190. The maximum absolute atomic E-state index is 12.7. The van der Waals surface area contributed by atoms with Gasteiger partial charge in [0.05, 0.1) is 12.8 Å². The number of nitriles is 1. The first-order valence-electron chi connectivity index (χ1n) is 8.78. The van der Waals surface area contributed by atoms with Gasteiger partial charge in [0, 0.05) is 12.4 Å². The molecule has 1 N–H and O–H groups in total. The van der Waals surface area contributed by atoms with Gasteiger partial charge < -0.3 is 19.2 Å². The largest absolute Gasteiger partial charge is 0.495 e. The van der Waals surface area contributed by atoms with Crippen LogP contribution >= 0.6 is 0 Å². The van der Waals surface area contributed by atoms with E-state index >= 15 is 0 Å². The molecule has 2 aromatic heterocycles. The summed E-state index contributed by atoms with van der Waals surface area (Å²) < 4.78 is 17.6. The number of ether oxygens (including phenoxy) is 2. The molecule has 0 spiro atoms. The van der Waals surface area contributed by atoms with Crippen LogP contribution in [0.4, 0.5) is 5.69 Å². The van der Waals surface area contributed by atoms with Crippen LogP contribution in [0.3, 0.4) is 0 Å². The number of nitrogens with one attached hydrogen (secondary N) is 1. The lowest BCUT2D eigenvalue weighted by Crippen LogP contribution is -2.30. The summed E-state index contributed by atoms with van der Waals surface area (Å²) in [7, 11) is 1.49. The van der Waals surface area contributed by atoms with Crippen molar-refractivity contribution in [3.63, 3.8) is 0 Å². The van der Waals surface area contributed by atoms with Gasteiger partial charge in [-0.15, -0.1) is 0 Å². The Morgan fingerprint density at radius 1 is 1.21 bits per heavy atom. The lowest BCUT2D eigenvalue weighted by atomic mass is 10.1. The number of hydrogen-bond acceptors (Lipinski definition) is 6. The van der Waals surface area contributed by atoms with E-state index in [1.165, 1.54) is 14.0 Å². The number of aryl methyl sites for hydroxylation is 1. The van der Waals surface area contributed by atoms with Gasteiger partial charge in [-0.25, -0.2) is 4.79 Å². The van der Waals surface area contributed by atoms with E-state index in [0.717, 1.165) is 0 Å². The van der Waals surface area contributed by atoms with Crippen LogP contribution in [0, 0.1) is 18.3 Å². The second-order valence-electron chi connectivity index (χ2n) is 6.15. The van der Waals surface area contributed by atoms with Crippen molar-refractivity contribution in [3.05, 3.63) is 65.7 Å². The topological polar surface area (TPSA) is 106 Å². The van der Waals surface area contributed by atoms with Crippen LogP contribution in [0.25, 0.3) is 5.88 Å². The highest BCUT2D eigenvalue weighted by molar-refractivity contribution is 5.99. The Balaban J connectivity index is 1.78. The molecule has 0 fully saturated rings. The predicted octanol–water partition coefficient (Wildman–Crippen LogP) is 3.44. The van der Waals surface area contributed by atoms with Gasteiger partial charge in [0.2, 0.25) is 5.88 Å². The molecule has 0 aliphatic rings. The van der Waals surface area contributed by atoms with Gasteiger partial charge in [0.1, 0.15) is 28.7 Å². The number of hydrogen-bond donors (Lipinski definition) is 1. The highest BCUT2D eigenvalue weighted by Gasteiger charge is 2.28. The first-order chi connectivity index (χ1) is 14.0. The van der Waals surface area contributed by atoms with Crippen LogP contribution in [0.2, 0.25) is 0 Å². The van der Waals surface area contributed by atoms with Crippen LogP contribution in [0.5, 0.6) is 5.75 Å². The molecule has 0 bridgehead atoms. The van der Waals surface area contributed by atoms with Gasteiger partial charge in [-0.1, -0.05) is 12.1 Å². The van der Waals surface area contributed by atoms with Gasteiger partial charge >= 0.3 is 5.97 Å². The van der Waals surface area contributed by atoms with E-state index in [2.05, 4.69) is 5.32 Å². The third kappa shape index (κ3) is 3.99. The molecule has 3 aromatic rings. The van der Waals surface area contributed by atoms with Gasteiger partial charge in [-0.3, -0.25) is 9.36 Å². The number of rotatable bonds is 6. The van der Waals surface area contributed by atoms with E-state index in [1.807, 2.05) is 6.07 Å². The molecule has 8 heteroatoms. The zero-order valence-corrected chi connectivity index (χ0v) is 16.1. The molecule has 0 aliphatic carbocycles. The molecule has 0 saturated heterocycles. The summed E-state index contributed by atoms with van der Waals surface area (Å²) >= 11 is 0. The first kappa shape index (κ1) is 19.8. The number of carbonyl (C=O) groups excluding carboxylic acids is 2. The Morgan fingerprint density at radius 2 is 1.90 bits per heavy atom. The van der Waals surface area contributed by atoms with Gasteiger partial charge in [-0.2, -0.15) is 5.26 Å². The summed E-state index contributed by atoms with van der Waals surface area (Å²) in [4.78, 5) is 25.1. The fourth-order valence-electron chi connectivity index (χ4n) is 2.79. The van der Waals surface area contributed by atoms with Crippen molar-refractivity contribution in [2.45, 2.75) is 20.0 Å². The van der Waals surface area contributed by atoms with E-state index in [9.17, 15) is 14.9 Å². The maximum Gasteiger partial charge on any atom is 0.343 e. The Labute approximate surface area is 167 Å². The number of nitrogens with zero attached hydrogens (tertiary/aromatic N) is 2. The average molecular weight is 393 g/mol. The first-order valence-corrected chi connectivity index (χ1v) is 8.78. The van der Waals surface area contributed by atoms with Crippen molar-refractivity contribution in [3.8, 4) is 17.7 Å². The number of amides is 1. The number of aromatic nitrogens is 1. The molecule has 1 atom stereocenters. The number of furan rings is 1. The number of esters is 1. The summed E-state index contributed by atoms with van der Waals surface area (Å²) in [5.74, 6) is -0.425. The van der Waals surface area contributed by atoms with Crippen molar-refractivity contribution < 1.29 is 23.5 Å². The van der Waals surface area contributed by atoms with Gasteiger partial charge in [-0.05, 0) is 38.1 Å². The zero-order valence-electron chi connectivity index (χ0n) is 16.1. The highest BCUT2D eigenvalue weighted by atomic mass is 16.5. The van der Waals surface area contributed by atoms with Crippen LogP contribution in [0.15, 0.2) is 53.2 Å². The molecule has 1 amide bonds. The molecular formula is C21H19N3O5. The Hall–Kier alpha value is -3.99. The van der Waals surface area contributed by atoms with Crippen molar-refractivity contribution in [1.29, 1.82) is 5.26 Å². The van der Waals surface area contributed by atoms with Crippen molar-refractivity contribution >= 4 is 17.6 Å². The standard InChI is InChI=1S/C21H19N3O5/c1-13-18(15(12-22)20(28-13)24-10-6-7-11-24)21(26)29-14(2)19(25)23-16-8-4-5-9-17(16)27-3/h4-11,14H,1-3H3,(H,23,25)/t14-/m1/s1. The van der Waals surface area contributed by atoms with Crippen LogP contribution in [-0.4, -0.2) is 29.7 Å². The minimum absolute atomic E-state index is 0.00635. The fourth-order valence-corrected chi connectivity index (χ4v) is 2.79. The summed E-state index contributed by atoms with van der Waals surface area (Å²) in [5.41, 5.74) is 0.490. The molecule has 29 heavy (non-hydrogen) atoms. The summed E-state index contributed by atoms with van der Waals surface area (Å²) in [6.07, 6.45) is 2.28. The van der Waals surface area contributed by atoms with Crippen molar-refractivity contribution in [2.24, 2.45) is 0 Å². The van der Waals surface area contributed by atoms with Crippen molar-refractivity contribution in [2.75, 3.05) is 12.4 Å². The molecule has 0 saturated carbocycles.